The fraction of sp³-hybridized carbons (Fsp3) is 0.167. The van der Waals surface area contributed by atoms with Crippen molar-refractivity contribution < 1.29 is 9.84 Å². The van der Waals surface area contributed by atoms with Gasteiger partial charge in [-0.3, -0.25) is 5.01 Å². The van der Waals surface area contributed by atoms with Crippen LogP contribution in [0.15, 0.2) is 84.0 Å². The van der Waals surface area contributed by atoms with Gasteiger partial charge in [0.05, 0.1) is 24.9 Å². The first-order valence-electron chi connectivity index (χ1n) is 9.44. The molecule has 0 radical (unpaired) electrons. The summed E-state index contributed by atoms with van der Waals surface area (Å²) in [5, 5.41) is 27.3. The van der Waals surface area contributed by atoms with Crippen molar-refractivity contribution in [2.75, 3.05) is 7.11 Å². The Morgan fingerprint density at radius 1 is 1.03 bits per heavy atom. The van der Waals surface area contributed by atoms with Crippen molar-refractivity contribution in [1.29, 1.82) is 5.26 Å². The summed E-state index contributed by atoms with van der Waals surface area (Å²) in [6, 6.07) is 26.6. The molecule has 144 valence electrons. The molecule has 5 nitrogen and oxygen atoms in total. The molecule has 0 unspecified atom stereocenters. The maximum atomic E-state index is 10.6. The van der Waals surface area contributed by atoms with Gasteiger partial charge in [0.15, 0.2) is 17.5 Å². The highest BCUT2D eigenvalue weighted by Crippen LogP contribution is 2.42. The zero-order valence-corrected chi connectivity index (χ0v) is 16.1. The minimum absolute atomic E-state index is 0.0308. The number of para-hydroxylation sites is 1. The van der Waals surface area contributed by atoms with Gasteiger partial charge in [0.25, 0.3) is 0 Å². The quantitative estimate of drug-likeness (QED) is 0.686. The Labute approximate surface area is 170 Å². The Morgan fingerprint density at radius 2 is 1.72 bits per heavy atom. The number of nitriles is 1. The molecular formula is C24H21N3O2. The molecule has 1 N–H and O–H groups in total. The highest BCUT2D eigenvalue weighted by Gasteiger charge is 2.35. The standard InChI is InChI=1S/C24H21N3O2/c1-29-23-14-8-13-19(24(23)28)22(16-25)27-21(18-11-6-3-7-12-18)15-20(26-27)17-9-4-2-5-10-17/h2-14,21-22,28H,15H2,1H3/t21-,22+/m1/s1. The van der Waals surface area contributed by atoms with Gasteiger partial charge >= 0.3 is 0 Å². The van der Waals surface area contributed by atoms with E-state index in [1.807, 2.05) is 60.7 Å². The van der Waals surface area contributed by atoms with Gasteiger partial charge in [-0.25, -0.2) is 0 Å². The zero-order valence-electron chi connectivity index (χ0n) is 16.1. The van der Waals surface area contributed by atoms with Gasteiger partial charge in [-0.05, 0) is 17.2 Å². The average Bonchev–Trinajstić information content (AvgIpc) is 3.22. The molecule has 0 aliphatic carbocycles. The van der Waals surface area contributed by atoms with Gasteiger partial charge in [0.2, 0.25) is 0 Å². The summed E-state index contributed by atoms with van der Waals surface area (Å²) in [4.78, 5) is 0. The lowest BCUT2D eigenvalue weighted by atomic mass is 9.96. The van der Waals surface area contributed by atoms with Gasteiger partial charge in [-0.1, -0.05) is 72.8 Å². The highest BCUT2D eigenvalue weighted by atomic mass is 16.5. The van der Waals surface area contributed by atoms with Crippen LogP contribution in [0.4, 0.5) is 0 Å². The fourth-order valence-corrected chi connectivity index (χ4v) is 3.71. The molecule has 3 aromatic rings. The topological polar surface area (TPSA) is 68.8 Å². The van der Waals surface area contributed by atoms with Crippen LogP contribution in [-0.4, -0.2) is 22.9 Å². The van der Waals surface area contributed by atoms with Crippen molar-refractivity contribution in [3.8, 4) is 17.6 Å². The lowest BCUT2D eigenvalue weighted by Gasteiger charge is -2.29. The van der Waals surface area contributed by atoms with Crippen molar-refractivity contribution in [3.63, 3.8) is 0 Å². The van der Waals surface area contributed by atoms with E-state index in [1.54, 1.807) is 23.2 Å². The molecule has 5 heteroatoms. The first-order chi connectivity index (χ1) is 14.2. The smallest absolute Gasteiger partial charge is 0.164 e. The van der Waals surface area contributed by atoms with Crippen LogP contribution in [0.25, 0.3) is 0 Å². The predicted molar refractivity (Wildman–Crippen MR) is 112 cm³/mol. The summed E-state index contributed by atoms with van der Waals surface area (Å²) < 4.78 is 5.23. The second kappa shape index (κ2) is 8.07. The van der Waals surface area contributed by atoms with Crippen LogP contribution >= 0.6 is 0 Å². The van der Waals surface area contributed by atoms with Crippen LogP contribution in [0.1, 0.15) is 35.2 Å². The molecule has 0 bridgehead atoms. The Bertz CT molecular complexity index is 1060. The third-order valence-electron chi connectivity index (χ3n) is 5.17. The molecule has 0 saturated carbocycles. The summed E-state index contributed by atoms with van der Waals surface area (Å²) in [6.45, 7) is 0. The number of aromatic hydroxyl groups is 1. The number of hydrogen-bond donors (Lipinski definition) is 1. The fourth-order valence-electron chi connectivity index (χ4n) is 3.71. The Morgan fingerprint density at radius 3 is 2.38 bits per heavy atom. The van der Waals surface area contributed by atoms with E-state index in [9.17, 15) is 10.4 Å². The third kappa shape index (κ3) is 3.53. The lowest BCUT2D eigenvalue weighted by Crippen LogP contribution is -2.24. The third-order valence-corrected chi connectivity index (χ3v) is 5.17. The molecule has 4 rings (SSSR count). The second-order valence-electron chi connectivity index (χ2n) is 6.85. The number of hydrogen-bond acceptors (Lipinski definition) is 5. The van der Waals surface area contributed by atoms with E-state index in [1.165, 1.54) is 7.11 Å². The summed E-state index contributed by atoms with van der Waals surface area (Å²) in [6.07, 6.45) is 0.678. The molecular weight excluding hydrogens is 362 g/mol. The summed E-state index contributed by atoms with van der Waals surface area (Å²) in [5.74, 6) is 0.308. The van der Waals surface area contributed by atoms with Crippen molar-refractivity contribution in [2.45, 2.75) is 18.5 Å². The Hall–Kier alpha value is -3.78. The minimum atomic E-state index is -0.753. The molecule has 0 saturated heterocycles. The van der Waals surface area contributed by atoms with Gasteiger partial charge in [-0.2, -0.15) is 10.4 Å². The number of phenolic OH excluding ortho intramolecular Hbond substituents is 1. The molecule has 29 heavy (non-hydrogen) atoms. The molecule has 1 aliphatic heterocycles. The molecule has 0 aromatic heterocycles. The maximum Gasteiger partial charge on any atom is 0.164 e. The number of benzene rings is 3. The predicted octanol–water partition coefficient (Wildman–Crippen LogP) is 4.82. The van der Waals surface area contributed by atoms with Crippen molar-refractivity contribution in [2.24, 2.45) is 5.10 Å². The van der Waals surface area contributed by atoms with Crippen molar-refractivity contribution in [3.05, 3.63) is 95.6 Å². The van der Waals surface area contributed by atoms with Crippen LogP contribution in [0.5, 0.6) is 11.5 Å². The second-order valence-corrected chi connectivity index (χ2v) is 6.85. The zero-order chi connectivity index (χ0) is 20.2. The normalized spacial score (nSPS) is 16.8. The van der Waals surface area contributed by atoms with Gasteiger partial charge in [-0.15, -0.1) is 0 Å². The molecule has 0 fully saturated rings. The monoisotopic (exact) mass is 383 g/mol. The van der Waals surface area contributed by atoms with Gasteiger partial charge < -0.3 is 9.84 Å². The van der Waals surface area contributed by atoms with E-state index < -0.39 is 6.04 Å². The van der Waals surface area contributed by atoms with Gasteiger partial charge in [0.1, 0.15) is 0 Å². The number of ether oxygens (including phenoxy) is 1. The van der Waals surface area contributed by atoms with E-state index in [0.29, 0.717) is 17.7 Å². The summed E-state index contributed by atoms with van der Waals surface area (Å²) in [5.41, 5.74) is 3.50. The number of hydrazone groups is 1. The van der Waals surface area contributed by atoms with Crippen LogP contribution < -0.4 is 4.74 Å². The molecule has 1 heterocycles. The van der Waals surface area contributed by atoms with Crippen LogP contribution in [0, 0.1) is 11.3 Å². The Balaban J connectivity index is 1.80. The first-order valence-corrected chi connectivity index (χ1v) is 9.44. The summed E-state index contributed by atoms with van der Waals surface area (Å²) in [7, 11) is 1.49. The highest BCUT2D eigenvalue weighted by molar-refractivity contribution is 6.01. The van der Waals surface area contributed by atoms with Crippen molar-refractivity contribution in [1.82, 2.24) is 5.01 Å². The van der Waals surface area contributed by atoms with Crippen LogP contribution in [-0.2, 0) is 0 Å². The molecule has 2 atom stereocenters. The van der Waals surface area contributed by atoms with E-state index in [-0.39, 0.29) is 11.8 Å². The van der Waals surface area contributed by atoms with E-state index in [4.69, 9.17) is 9.84 Å². The molecule has 0 amide bonds. The summed E-state index contributed by atoms with van der Waals surface area (Å²) >= 11 is 0. The molecule has 0 spiro atoms. The largest absolute Gasteiger partial charge is 0.504 e. The minimum Gasteiger partial charge on any atom is -0.504 e. The van der Waals surface area contributed by atoms with Crippen molar-refractivity contribution >= 4 is 5.71 Å². The number of nitrogens with zero attached hydrogens (tertiary/aromatic N) is 3. The molecule has 1 aliphatic rings. The lowest BCUT2D eigenvalue weighted by molar-refractivity contribution is 0.193. The number of phenols is 1. The number of methoxy groups -OCH3 is 1. The maximum absolute atomic E-state index is 10.6. The van der Waals surface area contributed by atoms with E-state index in [2.05, 4.69) is 6.07 Å². The first kappa shape index (κ1) is 18.6. The SMILES string of the molecule is COc1cccc([C@H](C#N)N2N=C(c3ccccc3)C[C@@H]2c2ccccc2)c1O. The van der Waals surface area contributed by atoms with Crippen LogP contribution in [0.3, 0.4) is 0 Å². The van der Waals surface area contributed by atoms with Gasteiger partial charge in [0, 0.05) is 12.0 Å². The van der Waals surface area contributed by atoms with E-state index >= 15 is 0 Å². The Kier molecular flexibility index (Phi) is 5.17. The van der Waals surface area contributed by atoms with Crippen LogP contribution in [0.2, 0.25) is 0 Å². The number of rotatable bonds is 5. The molecule has 3 aromatic carbocycles. The van der Waals surface area contributed by atoms with E-state index in [0.717, 1.165) is 16.8 Å². The average molecular weight is 383 g/mol.